The van der Waals surface area contributed by atoms with E-state index in [1.807, 2.05) is 0 Å². The fraction of sp³-hybridized carbons (Fsp3) is 0.429. The van der Waals surface area contributed by atoms with Crippen molar-refractivity contribution >= 4 is 29.1 Å². The van der Waals surface area contributed by atoms with Gasteiger partial charge in [0.1, 0.15) is 0 Å². The van der Waals surface area contributed by atoms with E-state index < -0.39 is 0 Å². The van der Waals surface area contributed by atoms with E-state index in [9.17, 15) is 9.59 Å². The van der Waals surface area contributed by atoms with Crippen LogP contribution in [-0.2, 0) is 4.79 Å². The van der Waals surface area contributed by atoms with Crippen LogP contribution in [-0.4, -0.2) is 37.4 Å². The molecule has 0 saturated heterocycles. The van der Waals surface area contributed by atoms with Gasteiger partial charge in [-0.1, -0.05) is 11.6 Å². The van der Waals surface area contributed by atoms with E-state index in [1.165, 1.54) is 4.90 Å². The molecule has 0 bridgehead atoms. The Hall–Kier alpha value is -1.59. The Kier molecular flexibility index (Phi) is 6.48. The first-order chi connectivity index (χ1) is 9.45. The van der Waals surface area contributed by atoms with Gasteiger partial charge in [0.15, 0.2) is 0 Å². The number of hydrogen-bond donors (Lipinski definition) is 2. The van der Waals surface area contributed by atoms with Crippen LogP contribution < -0.4 is 11.1 Å². The van der Waals surface area contributed by atoms with Gasteiger partial charge < -0.3 is 16.0 Å². The number of anilines is 1. The number of nitrogens with zero attached hydrogens (tertiary/aromatic N) is 1. The zero-order valence-electron chi connectivity index (χ0n) is 11.8. The number of nitrogens with two attached hydrogens (primary N) is 1. The van der Waals surface area contributed by atoms with Crippen LogP contribution in [0.3, 0.4) is 0 Å². The molecule has 0 heterocycles. The van der Waals surface area contributed by atoms with Crippen molar-refractivity contribution in [2.75, 3.05) is 26.0 Å². The number of benzene rings is 1. The van der Waals surface area contributed by atoms with Gasteiger partial charge in [0.05, 0.1) is 11.3 Å². The molecule has 0 saturated carbocycles. The van der Waals surface area contributed by atoms with Gasteiger partial charge in [-0.2, -0.15) is 0 Å². The minimum Gasteiger partial charge on any atom is -0.345 e. The average Bonchev–Trinajstić information content (AvgIpc) is 2.38. The molecule has 3 N–H and O–H groups in total. The van der Waals surface area contributed by atoms with E-state index in [0.717, 1.165) is 12.8 Å². The molecule has 6 heteroatoms. The molecular formula is C14H20ClN3O2. The van der Waals surface area contributed by atoms with Crippen LogP contribution in [0.1, 0.15) is 29.6 Å². The molecule has 0 spiro atoms. The fourth-order valence-corrected chi connectivity index (χ4v) is 1.86. The second kappa shape index (κ2) is 7.87. The molecule has 5 nitrogen and oxygen atoms in total. The minimum absolute atomic E-state index is 0.145. The maximum Gasteiger partial charge on any atom is 0.255 e. The van der Waals surface area contributed by atoms with E-state index in [4.69, 9.17) is 17.3 Å². The Morgan fingerprint density at radius 2 is 2.00 bits per heavy atom. The summed E-state index contributed by atoms with van der Waals surface area (Å²) in [5.41, 5.74) is 6.25. The molecule has 0 atom stereocenters. The first kappa shape index (κ1) is 16.5. The second-order valence-corrected chi connectivity index (χ2v) is 5.12. The molecule has 0 aromatic heterocycles. The number of nitrogens with one attached hydrogen (secondary N) is 1. The van der Waals surface area contributed by atoms with Gasteiger partial charge in [0.2, 0.25) is 5.91 Å². The predicted octanol–water partition coefficient (Wildman–Crippen LogP) is 2.11. The highest BCUT2D eigenvalue weighted by molar-refractivity contribution is 6.31. The van der Waals surface area contributed by atoms with Crippen LogP contribution >= 0.6 is 11.6 Å². The maximum absolute atomic E-state index is 12.0. The van der Waals surface area contributed by atoms with Crippen LogP contribution in [0.4, 0.5) is 5.69 Å². The smallest absolute Gasteiger partial charge is 0.255 e. The molecule has 0 radical (unpaired) electrons. The molecule has 1 aromatic rings. The van der Waals surface area contributed by atoms with Gasteiger partial charge in [-0.05, 0) is 37.6 Å². The van der Waals surface area contributed by atoms with Crippen molar-refractivity contribution in [1.29, 1.82) is 0 Å². The number of halogens is 1. The number of carbonyl (C=O) groups excluding carboxylic acids is 2. The standard InChI is InChI=1S/C14H20ClN3O2/c1-18(2)14(20)11-7-6-10(15)9-12(11)17-13(19)5-3-4-8-16/h6-7,9H,3-5,8,16H2,1-2H3,(H,17,19). The normalized spacial score (nSPS) is 10.2. The van der Waals surface area contributed by atoms with Crippen molar-refractivity contribution in [3.8, 4) is 0 Å². The Bertz CT molecular complexity index is 489. The van der Waals surface area contributed by atoms with Gasteiger partial charge in [0.25, 0.3) is 5.91 Å². The SMILES string of the molecule is CN(C)C(=O)c1ccc(Cl)cc1NC(=O)CCCCN. The molecule has 0 aliphatic rings. The monoisotopic (exact) mass is 297 g/mol. The van der Waals surface area contributed by atoms with Gasteiger partial charge >= 0.3 is 0 Å². The minimum atomic E-state index is -0.182. The van der Waals surface area contributed by atoms with Gasteiger partial charge in [-0.3, -0.25) is 9.59 Å². The Balaban J connectivity index is 2.84. The van der Waals surface area contributed by atoms with Crippen LogP contribution in [0.25, 0.3) is 0 Å². The van der Waals surface area contributed by atoms with Crippen molar-refractivity contribution in [2.24, 2.45) is 5.73 Å². The summed E-state index contributed by atoms with van der Waals surface area (Å²) in [5.74, 6) is -0.326. The summed E-state index contributed by atoms with van der Waals surface area (Å²) in [6.07, 6.45) is 1.89. The lowest BCUT2D eigenvalue weighted by Crippen LogP contribution is -2.24. The number of amides is 2. The van der Waals surface area contributed by atoms with Crippen molar-refractivity contribution in [2.45, 2.75) is 19.3 Å². The van der Waals surface area contributed by atoms with E-state index in [-0.39, 0.29) is 11.8 Å². The van der Waals surface area contributed by atoms with Crippen molar-refractivity contribution in [3.05, 3.63) is 28.8 Å². The van der Waals surface area contributed by atoms with Crippen LogP contribution in [0, 0.1) is 0 Å². The summed E-state index contributed by atoms with van der Waals surface area (Å²) >= 11 is 5.92. The molecule has 0 unspecified atom stereocenters. The highest BCUT2D eigenvalue weighted by atomic mass is 35.5. The lowest BCUT2D eigenvalue weighted by molar-refractivity contribution is -0.116. The second-order valence-electron chi connectivity index (χ2n) is 4.68. The molecular weight excluding hydrogens is 278 g/mol. The fourth-order valence-electron chi connectivity index (χ4n) is 1.69. The third-order valence-corrected chi connectivity index (χ3v) is 2.99. The molecule has 2 amide bonds. The summed E-state index contributed by atoms with van der Waals surface area (Å²) in [4.78, 5) is 25.3. The summed E-state index contributed by atoms with van der Waals surface area (Å²) in [7, 11) is 3.31. The highest BCUT2D eigenvalue weighted by Gasteiger charge is 2.15. The van der Waals surface area contributed by atoms with Crippen molar-refractivity contribution < 1.29 is 9.59 Å². The zero-order valence-corrected chi connectivity index (χ0v) is 12.5. The molecule has 0 aliphatic carbocycles. The van der Waals surface area contributed by atoms with E-state index in [0.29, 0.717) is 29.2 Å². The number of unbranched alkanes of at least 4 members (excludes halogenated alkanes) is 1. The lowest BCUT2D eigenvalue weighted by Gasteiger charge is -2.15. The van der Waals surface area contributed by atoms with Gasteiger partial charge in [-0.15, -0.1) is 0 Å². The van der Waals surface area contributed by atoms with Crippen LogP contribution in [0.15, 0.2) is 18.2 Å². The molecule has 0 aliphatic heterocycles. The quantitative estimate of drug-likeness (QED) is 0.790. The molecule has 1 aromatic carbocycles. The van der Waals surface area contributed by atoms with Gasteiger partial charge in [0, 0.05) is 25.5 Å². The number of carbonyl (C=O) groups is 2. The number of rotatable bonds is 6. The van der Waals surface area contributed by atoms with Gasteiger partial charge in [-0.25, -0.2) is 0 Å². The zero-order chi connectivity index (χ0) is 15.1. The van der Waals surface area contributed by atoms with E-state index in [2.05, 4.69) is 5.32 Å². The van der Waals surface area contributed by atoms with Crippen molar-refractivity contribution in [1.82, 2.24) is 4.90 Å². The molecule has 0 fully saturated rings. The van der Waals surface area contributed by atoms with Crippen LogP contribution in [0.2, 0.25) is 5.02 Å². The Morgan fingerprint density at radius 1 is 1.30 bits per heavy atom. The van der Waals surface area contributed by atoms with Crippen molar-refractivity contribution in [3.63, 3.8) is 0 Å². The van der Waals surface area contributed by atoms with E-state index in [1.54, 1.807) is 32.3 Å². The highest BCUT2D eigenvalue weighted by Crippen LogP contribution is 2.22. The topological polar surface area (TPSA) is 75.4 Å². The van der Waals surface area contributed by atoms with Crippen LogP contribution in [0.5, 0.6) is 0 Å². The summed E-state index contributed by atoms with van der Waals surface area (Å²) < 4.78 is 0. The summed E-state index contributed by atoms with van der Waals surface area (Å²) in [5, 5.41) is 3.20. The molecule has 20 heavy (non-hydrogen) atoms. The first-order valence-corrected chi connectivity index (χ1v) is 6.84. The number of hydrogen-bond acceptors (Lipinski definition) is 3. The Morgan fingerprint density at radius 3 is 2.60 bits per heavy atom. The summed E-state index contributed by atoms with van der Waals surface area (Å²) in [6, 6.07) is 4.82. The summed E-state index contributed by atoms with van der Waals surface area (Å²) in [6.45, 7) is 0.564. The third kappa shape index (κ3) is 4.83. The predicted molar refractivity (Wildman–Crippen MR) is 81.0 cm³/mol. The lowest BCUT2D eigenvalue weighted by atomic mass is 10.1. The Labute approximate surface area is 124 Å². The third-order valence-electron chi connectivity index (χ3n) is 2.75. The van der Waals surface area contributed by atoms with E-state index >= 15 is 0 Å². The largest absolute Gasteiger partial charge is 0.345 e. The average molecular weight is 298 g/mol. The molecule has 110 valence electrons. The first-order valence-electron chi connectivity index (χ1n) is 6.47. The molecule has 1 rings (SSSR count). The maximum atomic E-state index is 12.0.